The van der Waals surface area contributed by atoms with Gasteiger partial charge in [0.05, 0.1) is 22.4 Å². The Bertz CT molecular complexity index is 1860. The summed E-state index contributed by atoms with van der Waals surface area (Å²) in [6, 6.07) is 40.4. The van der Waals surface area contributed by atoms with Crippen LogP contribution in [-0.4, -0.2) is 33.9 Å². The van der Waals surface area contributed by atoms with Crippen molar-refractivity contribution in [3.05, 3.63) is 144 Å². The quantitative estimate of drug-likeness (QED) is 0.0963. The summed E-state index contributed by atoms with van der Waals surface area (Å²) in [6.45, 7) is 2.44. The average Bonchev–Trinajstić information content (AvgIpc) is 3.11. The molecule has 8 nitrogen and oxygen atoms in total. The zero-order valence-electron chi connectivity index (χ0n) is 26.1. The third-order valence-corrected chi connectivity index (χ3v) is 8.18. The van der Waals surface area contributed by atoms with Crippen molar-refractivity contribution in [2.75, 3.05) is 6.61 Å². The topological polar surface area (TPSA) is 103 Å². The highest BCUT2D eigenvalue weighted by Gasteiger charge is 2.28. The summed E-state index contributed by atoms with van der Waals surface area (Å²) < 4.78 is 12.2. The first-order chi connectivity index (χ1) is 23.0. The van der Waals surface area contributed by atoms with Crippen molar-refractivity contribution >= 4 is 34.0 Å². The molecule has 4 aromatic carbocycles. The van der Waals surface area contributed by atoms with Crippen molar-refractivity contribution < 1.29 is 24.2 Å². The highest BCUT2D eigenvalue weighted by Crippen LogP contribution is 2.38. The molecule has 6 aromatic rings. The standard InChI is InChI=1S/C39H35N3O5/c1-39(23-6-24-40-47-27-38(43)44,30-13-19-34(20-14-30)45-25-32-17-11-28-7-2-4-9-36(28)41-32)31-15-21-35(22-16-31)46-26-33-18-12-29-8-3-5-10-37(29)42-33/h2-5,7-22,24H,6,23,25-27H2,1H3,(H,43,44)/b40-24-. The van der Waals surface area contributed by atoms with E-state index < -0.39 is 18.0 Å². The van der Waals surface area contributed by atoms with Crippen LogP contribution >= 0.6 is 0 Å². The van der Waals surface area contributed by atoms with E-state index in [4.69, 9.17) is 29.4 Å². The molecule has 0 saturated carbocycles. The summed E-state index contributed by atoms with van der Waals surface area (Å²) in [4.78, 5) is 25.0. The number of para-hydroxylation sites is 2. The first kappa shape index (κ1) is 31.2. The number of carboxylic acid groups (broad SMARTS) is 1. The first-order valence-electron chi connectivity index (χ1n) is 15.5. The third-order valence-electron chi connectivity index (χ3n) is 8.18. The van der Waals surface area contributed by atoms with E-state index in [1.165, 1.54) is 0 Å². The number of hydrogen-bond acceptors (Lipinski definition) is 7. The molecule has 0 aliphatic carbocycles. The lowest BCUT2D eigenvalue weighted by Gasteiger charge is -2.31. The summed E-state index contributed by atoms with van der Waals surface area (Å²) in [5.74, 6) is 0.436. The number of carboxylic acids is 1. The van der Waals surface area contributed by atoms with Crippen LogP contribution in [0.4, 0.5) is 0 Å². The van der Waals surface area contributed by atoms with E-state index in [1.54, 1.807) is 6.21 Å². The van der Waals surface area contributed by atoms with Crippen LogP contribution in [0.3, 0.4) is 0 Å². The van der Waals surface area contributed by atoms with Crippen molar-refractivity contribution in [3.63, 3.8) is 0 Å². The predicted molar refractivity (Wildman–Crippen MR) is 183 cm³/mol. The molecule has 236 valence electrons. The number of benzene rings is 4. The zero-order chi connectivity index (χ0) is 32.5. The van der Waals surface area contributed by atoms with Crippen molar-refractivity contribution in [1.82, 2.24) is 9.97 Å². The minimum Gasteiger partial charge on any atom is -0.487 e. The van der Waals surface area contributed by atoms with E-state index in [0.717, 1.165) is 55.8 Å². The molecule has 8 heteroatoms. The average molecular weight is 626 g/mol. The fraction of sp³-hybridized carbons (Fsp3) is 0.179. The lowest BCUT2D eigenvalue weighted by molar-refractivity contribution is -0.142. The lowest BCUT2D eigenvalue weighted by atomic mass is 9.73. The van der Waals surface area contributed by atoms with Gasteiger partial charge in [0.15, 0.2) is 0 Å². The Morgan fingerprint density at radius 3 is 1.68 bits per heavy atom. The van der Waals surface area contributed by atoms with Gasteiger partial charge in [-0.15, -0.1) is 0 Å². The van der Waals surface area contributed by atoms with Crippen LogP contribution < -0.4 is 9.47 Å². The van der Waals surface area contributed by atoms with Crippen molar-refractivity contribution in [1.29, 1.82) is 0 Å². The summed E-state index contributed by atoms with van der Waals surface area (Å²) in [7, 11) is 0. The van der Waals surface area contributed by atoms with Gasteiger partial charge < -0.3 is 19.4 Å². The molecule has 0 amide bonds. The summed E-state index contributed by atoms with van der Waals surface area (Å²) in [6.07, 6.45) is 2.90. The van der Waals surface area contributed by atoms with Gasteiger partial charge in [0.25, 0.3) is 0 Å². The van der Waals surface area contributed by atoms with Gasteiger partial charge >= 0.3 is 5.97 Å². The Labute approximate surface area is 273 Å². The molecular formula is C39H35N3O5. The number of carbonyl (C=O) groups is 1. The molecular weight excluding hydrogens is 590 g/mol. The van der Waals surface area contributed by atoms with Gasteiger partial charge in [0.1, 0.15) is 24.7 Å². The number of aliphatic carboxylic acids is 1. The Hall–Kier alpha value is -5.76. The monoisotopic (exact) mass is 625 g/mol. The fourth-order valence-electron chi connectivity index (χ4n) is 5.54. The van der Waals surface area contributed by atoms with E-state index in [1.807, 2.05) is 84.9 Å². The minimum absolute atomic E-state index is 0.366. The largest absolute Gasteiger partial charge is 0.487 e. The van der Waals surface area contributed by atoms with E-state index in [9.17, 15) is 4.79 Å². The Kier molecular flexibility index (Phi) is 9.67. The number of hydrogen-bond donors (Lipinski definition) is 1. The maximum atomic E-state index is 10.7. The van der Waals surface area contributed by atoms with Gasteiger partial charge in [-0.05, 0) is 72.5 Å². The maximum Gasteiger partial charge on any atom is 0.344 e. The van der Waals surface area contributed by atoms with E-state index in [-0.39, 0.29) is 0 Å². The van der Waals surface area contributed by atoms with Gasteiger partial charge in [-0.25, -0.2) is 14.8 Å². The smallest absolute Gasteiger partial charge is 0.344 e. The van der Waals surface area contributed by atoms with Crippen molar-refractivity contribution in [2.24, 2.45) is 5.16 Å². The molecule has 0 spiro atoms. The number of fused-ring (bicyclic) bond motifs is 2. The maximum absolute atomic E-state index is 10.7. The lowest BCUT2D eigenvalue weighted by Crippen LogP contribution is -2.24. The normalized spacial score (nSPS) is 11.6. The minimum atomic E-state index is -1.07. The zero-order valence-corrected chi connectivity index (χ0v) is 26.1. The number of oxime groups is 1. The van der Waals surface area contributed by atoms with E-state index >= 15 is 0 Å². The number of nitrogens with zero attached hydrogens (tertiary/aromatic N) is 3. The van der Waals surface area contributed by atoms with Crippen LogP contribution in [0.25, 0.3) is 21.8 Å². The number of aromatic nitrogens is 2. The Morgan fingerprint density at radius 2 is 1.19 bits per heavy atom. The fourth-order valence-corrected chi connectivity index (χ4v) is 5.54. The SMILES string of the molecule is CC(CC/C=N\OCC(=O)O)(c1ccc(OCc2ccc3ccccc3n2)cc1)c1ccc(OCc2ccc3ccccc3n2)cc1. The second kappa shape index (κ2) is 14.6. The Morgan fingerprint density at radius 1 is 0.702 bits per heavy atom. The van der Waals surface area contributed by atoms with Gasteiger partial charge in [-0.2, -0.15) is 0 Å². The number of ether oxygens (including phenoxy) is 2. The molecule has 0 bridgehead atoms. The summed E-state index contributed by atoms with van der Waals surface area (Å²) >= 11 is 0. The highest BCUT2D eigenvalue weighted by atomic mass is 16.6. The molecule has 0 saturated heterocycles. The van der Waals surface area contributed by atoms with Gasteiger partial charge in [0, 0.05) is 22.4 Å². The van der Waals surface area contributed by atoms with Crippen molar-refractivity contribution in [3.8, 4) is 11.5 Å². The molecule has 2 aromatic heterocycles. The van der Waals surface area contributed by atoms with E-state index in [0.29, 0.717) is 26.1 Å². The van der Waals surface area contributed by atoms with E-state index in [2.05, 4.69) is 48.5 Å². The molecule has 2 heterocycles. The van der Waals surface area contributed by atoms with Crippen LogP contribution in [0.15, 0.2) is 126 Å². The molecule has 0 atom stereocenters. The highest BCUT2D eigenvalue weighted by molar-refractivity contribution is 5.79. The van der Waals surface area contributed by atoms with Crippen LogP contribution in [-0.2, 0) is 28.3 Å². The van der Waals surface area contributed by atoms with Gasteiger partial charge in [-0.3, -0.25) is 0 Å². The molecule has 0 radical (unpaired) electrons. The number of pyridine rings is 2. The second-order valence-corrected chi connectivity index (χ2v) is 11.4. The molecule has 0 fully saturated rings. The van der Waals surface area contributed by atoms with Crippen LogP contribution in [0.2, 0.25) is 0 Å². The van der Waals surface area contributed by atoms with Gasteiger partial charge in [-0.1, -0.05) is 84.9 Å². The molecule has 0 aliphatic rings. The molecule has 6 rings (SSSR count). The van der Waals surface area contributed by atoms with Gasteiger partial charge in [0.2, 0.25) is 6.61 Å². The molecule has 1 N–H and O–H groups in total. The molecule has 0 aliphatic heterocycles. The summed E-state index contributed by atoms with van der Waals surface area (Å²) in [5, 5.41) is 14.8. The molecule has 47 heavy (non-hydrogen) atoms. The second-order valence-electron chi connectivity index (χ2n) is 11.4. The molecule has 0 unspecified atom stereocenters. The van der Waals surface area contributed by atoms with Crippen LogP contribution in [0.1, 0.15) is 42.3 Å². The predicted octanol–water partition coefficient (Wildman–Crippen LogP) is 8.11. The van der Waals surface area contributed by atoms with Crippen molar-refractivity contribution in [2.45, 2.75) is 38.4 Å². The number of rotatable bonds is 14. The summed E-state index contributed by atoms with van der Waals surface area (Å²) in [5.41, 5.74) is 5.42. The first-order valence-corrected chi connectivity index (χ1v) is 15.5. The van der Waals surface area contributed by atoms with Crippen LogP contribution in [0, 0.1) is 0 Å². The van der Waals surface area contributed by atoms with Crippen LogP contribution in [0.5, 0.6) is 11.5 Å². The Balaban J connectivity index is 1.15. The third kappa shape index (κ3) is 7.91.